The number of ether oxygens (including phenoxy) is 2. The standard InChI is InChI=1S/C48H91O13P/c1-3-5-7-9-11-13-15-17-18-19-20-21-22-23-24-25-27-28-30-32-34-36-41(49)58-38-40(60-42(50)37-35-33-31-29-26-16-14-12-10-8-6-4-2)39-59-62(56,57)61-48-46(54)44(52)43(51)45(53)47(48)55/h12,14,40,43-48,51-55H,3-11,13,15-39H2,1-2H3,(H,56,57)/b14-12-. The van der Waals surface area contributed by atoms with Gasteiger partial charge in [0.05, 0.1) is 6.61 Å². The van der Waals surface area contributed by atoms with Crippen molar-refractivity contribution in [1.29, 1.82) is 0 Å². The lowest BCUT2D eigenvalue weighted by molar-refractivity contribution is -0.220. The van der Waals surface area contributed by atoms with Gasteiger partial charge in [0.25, 0.3) is 0 Å². The SMILES string of the molecule is CCCCC/C=C\CCCCCCCC(=O)OC(COC(=O)CCCCCCCCCCCCCCCCCCCCCCC)COP(=O)(O)OC1C(O)C(O)C(O)C(O)C1O. The lowest BCUT2D eigenvalue weighted by Gasteiger charge is -2.41. The largest absolute Gasteiger partial charge is 0.472 e. The highest BCUT2D eigenvalue weighted by atomic mass is 31.2. The maximum atomic E-state index is 12.8. The molecule has 0 aromatic carbocycles. The van der Waals surface area contributed by atoms with Gasteiger partial charge in [0, 0.05) is 12.8 Å². The number of esters is 2. The molecule has 0 radical (unpaired) electrons. The second kappa shape index (κ2) is 38.8. The maximum absolute atomic E-state index is 12.8. The Hall–Kier alpha value is -1.41. The monoisotopic (exact) mass is 907 g/mol. The molecule has 1 aliphatic carbocycles. The fraction of sp³-hybridized carbons (Fsp3) is 0.917. The van der Waals surface area contributed by atoms with Gasteiger partial charge < -0.3 is 39.9 Å². The zero-order valence-electron chi connectivity index (χ0n) is 38.9. The fourth-order valence-corrected chi connectivity index (χ4v) is 8.79. The number of carbonyl (C=O) groups is 2. The fourth-order valence-electron chi connectivity index (χ4n) is 7.81. The van der Waals surface area contributed by atoms with E-state index in [1.54, 1.807) is 0 Å². The van der Waals surface area contributed by atoms with Crippen molar-refractivity contribution in [1.82, 2.24) is 0 Å². The smallest absolute Gasteiger partial charge is 0.462 e. The molecule has 0 heterocycles. The molecule has 0 aliphatic heterocycles. The zero-order chi connectivity index (χ0) is 45.7. The quantitative estimate of drug-likeness (QED) is 0.0146. The summed E-state index contributed by atoms with van der Waals surface area (Å²) in [6, 6.07) is 0. The number of carbonyl (C=O) groups excluding carboxylic acids is 2. The average molecular weight is 907 g/mol. The van der Waals surface area contributed by atoms with Crippen LogP contribution in [-0.4, -0.2) is 98.3 Å². The van der Waals surface area contributed by atoms with E-state index in [1.807, 2.05) is 0 Å². The van der Waals surface area contributed by atoms with Crippen molar-refractivity contribution in [3.05, 3.63) is 12.2 Å². The number of phosphoric acid groups is 1. The highest BCUT2D eigenvalue weighted by Crippen LogP contribution is 2.47. The summed E-state index contributed by atoms with van der Waals surface area (Å²) in [5.41, 5.74) is 0. The van der Waals surface area contributed by atoms with Gasteiger partial charge in [-0.2, -0.15) is 0 Å². The van der Waals surface area contributed by atoms with Gasteiger partial charge in [-0.15, -0.1) is 0 Å². The van der Waals surface area contributed by atoms with Gasteiger partial charge in [-0.1, -0.05) is 187 Å². The first-order valence-electron chi connectivity index (χ1n) is 25.0. The van der Waals surface area contributed by atoms with Gasteiger partial charge in [-0.05, 0) is 38.5 Å². The molecule has 6 N–H and O–H groups in total. The minimum absolute atomic E-state index is 0.0903. The van der Waals surface area contributed by atoms with Crippen molar-refractivity contribution < 1.29 is 63.1 Å². The second-order valence-corrected chi connectivity index (χ2v) is 19.1. The van der Waals surface area contributed by atoms with Crippen molar-refractivity contribution in [3.63, 3.8) is 0 Å². The van der Waals surface area contributed by atoms with E-state index in [0.29, 0.717) is 12.8 Å². The first kappa shape index (κ1) is 58.6. The third-order valence-corrected chi connectivity index (χ3v) is 12.8. The summed E-state index contributed by atoms with van der Waals surface area (Å²) in [4.78, 5) is 35.7. The van der Waals surface area contributed by atoms with Crippen LogP contribution in [0.5, 0.6) is 0 Å². The minimum Gasteiger partial charge on any atom is -0.462 e. The molecule has 0 aromatic rings. The van der Waals surface area contributed by atoms with Crippen molar-refractivity contribution >= 4 is 19.8 Å². The van der Waals surface area contributed by atoms with E-state index in [4.69, 9.17) is 18.5 Å². The molecule has 62 heavy (non-hydrogen) atoms. The molecular weight excluding hydrogens is 815 g/mol. The molecule has 0 saturated heterocycles. The third kappa shape index (κ3) is 30.7. The molecular formula is C48H91O13P. The van der Waals surface area contributed by atoms with Gasteiger partial charge in [-0.3, -0.25) is 18.6 Å². The molecule has 366 valence electrons. The highest BCUT2D eigenvalue weighted by Gasteiger charge is 2.51. The highest BCUT2D eigenvalue weighted by molar-refractivity contribution is 7.47. The summed E-state index contributed by atoms with van der Waals surface area (Å²) in [5, 5.41) is 50.2. The van der Waals surface area contributed by atoms with Gasteiger partial charge in [0.15, 0.2) is 6.10 Å². The molecule has 1 aliphatic rings. The summed E-state index contributed by atoms with van der Waals surface area (Å²) in [5.74, 6) is -1.10. The van der Waals surface area contributed by atoms with E-state index in [-0.39, 0.29) is 12.8 Å². The van der Waals surface area contributed by atoms with Crippen molar-refractivity contribution in [2.45, 2.75) is 268 Å². The van der Waals surface area contributed by atoms with Gasteiger partial charge >= 0.3 is 19.8 Å². The van der Waals surface area contributed by atoms with Crippen LogP contribution in [0.25, 0.3) is 0 Å². The minimum atomic E-state index is -5.11. The molecule has 0 bridgehead atoms. The molecule has 1 fully saturated rings. The second-order valence-electron chi connectivity index (χ2n) is 17.7. The predicted octanol–water partition coefficient (Wildman–Crippen LogP) is 10.2. The van der Waals surface area contributed by atoms with E-state index in [2.05, 4.69) is 26.0 Å². The van der Waals surface area contributed by atoms with Crippen LogP contribution >= 0.6 is 7.82 Å². The Balaban J connectivity index is 2.36. The number of aliphatic hydroxyl groups is 5. The number of aliphatic hydroxyl groups excluding tert-OH is 5. The van der Waals surface area contributed by atoms with Crippen LogP contribution in [0, 0.1) is 0 Å². The Morgan fingerprint density at radius 2 is 0.823 bits per heavy atom. The van der Waals surface area contributed by atoms with Crippen LogP contribution in [0.3, 0.4) is 0 Å². The Labute approximate surface area is 375 Å². The zero-order valence-corrected chi connectivity index (χ0v) is 39.8. The molecule has 0 amide bonds. The average Bonchev–Trinajstić information content (AvgIpc) is 3.25. The Bertz CT molecular complexity index is 1140. The first-order valence-corrected chi connectivity index (χ1v) is 26.5. The molecule has 0 aromatic heterocycles. The normalized spacial score (nSPS) is 21.9. The van der Waals surface area contributed by atoms with Gasteiger partial charge in [-0.25, -0.2) is 4.57 Å². The third-order valence-electron chi connectivity index (χ3n) is 11.9. The summed E-state index contributed by atoms with van der Waals surface area (Å²) in [6.07, 6.45) is 28.5. The van der Waals surface area contributed by atoms with Crippen molar-refractivity contribution in [2.24, 2.45) is 0 Å². The van der Waals surface area contributed by atoms with Crippen LogP contribution in [0.2, 0.25) is 0 Å². The molecule has 14 heteroatoms. The molecule has 13 nitrogen and oxygen atoms in total. The Morgan fingerprint density at radius 1 is 0.484 bits per heavy atom. The predicted molar refractivity (Wildman–Crippen MR) is 244 cm³/mol. The van der Waals surface area contributed by atoms with Crippen LogP contribution < -0.4 is 0 Å². The van der Waals surface area contributed by atoms with Crippen LogP contribution in [0.15, 0.2) is 12.2 Å². The number of rotatable bonds is 42. The molecule has 6 unspecified atom stereocenters. The van der Waals surface area contributed by atoms with E-state index < -0.39 is 75.7 Å². The molecule has 1 saturated carbocycles. The van der Waals surface area contributed by atoms with Crippen molar-refractivity contribution in [2.75, 3.05) is 13.2 Å². The molecule has 6 atom stereocenters. The van der Waals surface area contributed by atoms with E-state index in [1.165, 1.54) is 128 Å². The number of unbranched alkanes of at least 4 members (excludes halogenated alkanes) is 28. The molecule has 0 spiro atoms. The van der Waals surface area contributed by atoms with Gasteiger partial charge in [0.1, 0.15) is 43.2 Å². The lowest BCUT2D eigenvalue weighted by atomic mass is 9.85. The van der Waals surface area contributed by atoms with E-state index >= 15 is 0 Å². The van der Waals surface area contributed by atoms with Crippen LogP contribution in [0.4, 0.5) is 0 Å². The topological polar surface area (TPSA) is 210 Å². The maximum Gasteiger partial charge on any atom is 0.472 e. The summed E-state index contributed by atoms with van der Waals surface area (Å²) >= 11 is 0. The van der Waals surface area contributed by atoms with Crippen LogP contribution in [-0.2, 0) is 32.7 Å². The number of allylic oxidation sites excluding steroid dienone is 2. The summed E-state index contributed by atoms with van der Waals surface area (Å²) in [7, 11) is -5.11. The number of phosphoric ester groups is 1. The Morgan fingerprint density at radius 3 is 1.26 bits per heavy atom. The molecule has 1 rings (SSSR count). The van der Waals surface area contributed by atoms with Crippen molar-refractivity contribution in [3.8, 4) is 0 Å². The number of hydrogen-bond acceptors (Lipinski definition) is 12. The van der Waals surface area contributed by atoms with E-state index in [9.17, 15) is 44.6 Å². The number of hydrogen-bond donors (Lipinski definition) is 6. The summed E-state index contributed by atoms with van der Waals surface area (Å²) in [6.45, 7) is 3.29. The van der Waals surface area contributed by atoms with Gasteiger partial charge in [0.2, 0.25) is 0 Å². The lowest BCUT2D eigenvalue weighted by Crippen LogP contribution is -2.64. The Kier molecular flexibility index (Phi) is 36.7. The first-order chi connectivity index (χ1) is 29.9. The van der Waals surface area contributed by atoms with Crippen LogP contribution in [0.1, 0.15) is 226 Å². The van der Waals surface area contributed by atoms with E-state index in [0.717, 1.165) is 57.8 Å². The summed E-state index contributed by atoms with van der Waals surface area (Å²) < 4.78 is 33.6.